The summed E-state index contributed by atoms with van der Waals surface area (Å²) in [6.45, 7) is 12.5. The molecule has 4 aliphatic carbocycles. The Morgan fingerprint density at radius 2 is 1.83 bits per heavy atom. The summed E-state index contributed by atoms with van der Waals surface area (Å²) in [5.74, 6) is 5.36. The van der Waals surface area contributed by atoms with Crippen molar-refractivity contribution >= 4 is 0 Å². The number of fused-ring (bicyclic) bond motifs is 5. The minimum absolute atomic E-state index is 0.0299. The van der Waals surface area contributed by atoms with Crippen molar-refractivity contribution in [3.05, 3.63) is 11.6 Å². The first-order valence-electron chi connectivity index (χ1n) is 12.8. The van der Waals surface area contributed by atoms with Gasteiger partial charge < -0.3 is 0 Å². The Morgan fingerprint density at radius 1 is 1.03 bits per heavy atom. The lowest BCUT2D eigenvalue weighted by Crippen LogP contribution is -2.51. The highest BCUT2D eigenvalue weighted by Gasteiger charge is 2.59. The molecule has 0 aromatic rings. The number of hydrogen-bond acceptors (Lipinski definition) is 2. The zero-order valence-electron chi connectivity index (χ0n) is 19.8. The maximum Gasteiger partial charge on any atom is 0.0964 e. The summed E-state index contributed by atoms with van der Waals surface area (Å²) < 4.78 is 0. The van der Waals surface area contributed by atoms with Crippen molar-refractivity contribution < 1.29 is 10.1 Å². The van der Waals surface area contributed by atoms with Crippen molar-refractivity contribution in [2.45, 2.75) is 111 Å². The first-order chi connectivity index (χ1) is 13.8. The molecule has 0 saturated heterocycles. The highest BCUT2D eigenvalue weighted by Crippen LogP contribution is 2.67. The van der Waals surface area contributed by atoms with Crippen molar-refractivity contribution in [2.24, 2.45) is 46.3 Å². The molecule has 0 aromatic heterocycles. The van der Waals surface area contributed by atoms with Crippen LogP contribution in [0.1, 0.15) is 105 Å². The van der Waals surface area contributed by atoms with Crippen LogP contribution in [0.25, 0.3) is 0 Å². The van der Waals surface area contributed by atoms with Gasteiger partial charge in [0.05, 0.1) is 6.10 Å². The third kappa shape index (κ3) is 3.75. The molecule has 8 atom stereocenters. The van der Waals surface area contributed by atoms with E-state index in [2.05, 4.69) is 40.7 Å². The van der Waals surface area contributed by atoms with Gasteiger partial charge in [-0.3, -0.25) is 5.26 Å². The Labute approximate surface area is 179 Å². The Balaban J connectivity index is 1.48. The minimum Gasteiger partial charge on any atom is -0.252 e. The van der Waals surface area contributed by atoms with Gasteiger partial charge in [0.15, 0.2) is 0 Å². The van der Waals surface area contributed by atoms with E-state index in [4.69, 9.17) is 4.89 Å². The molecule has 0 bridgehead atoms. The first kappa shape index (κ1) is 21.9. The maximum absolute atomic E-state index is 9.20. The van der Waals surface area contributed by atoms with Crippen LogP contribution < -0.4 is 0 Å². The molecule has 3 saturated carbocycles. The van der Waals surface area contributed by atoms with Crippen LogP contribution in [0.3, 0.4) is 0 Å². The lowest BCUT2D eigenvalue weighted by molar-refractivity contribution is -0.284. The molecule has 4 aliphatic rings. The molecule has 1 N–H and O–H groups in total. The monoisotopic (exact) mass is 402 g/mol. The van der Waals surface area contributed by atoms with Gasteiger partial charge >= 0.3 is 0 Å². The molecular formula is C27H46O2. The highest BCUT2D eigenvalue weighted by molar-refractivity contribution is 5.25. The SMILES string of the molecule is CC(C)CCC[C@H](C)[C@@H]1CC[C@@H]2[C@H]3CC=C4CC(OO)CC[C@@]4(C)[C@@H]3CC[C@]21C. The van der Waals surface area contributed by atoms with E-state index in [1.54, 1.807) is 5.57 Å². The minimum atomic E-state index is 0.0299. The molecule has 166 valence electrons. The van der Waals surface area contributed by atoms with Gasteiger partial charge in [-0.1, -0.05) is 65.5 Å². The van der Waals surface area contributed by atoms with E-state index in [1.807, 2.05) is 0 Å². The Kier molecular flexibility index (Phi) is 6.26. The van der Waals surface area contributed by atoms with Crippen LogP contribution in [0, 0.1) is 46.3 Å². The molecule has 3 fully saturated rings. The smallest absolute Gasteiger partial charge is 0.0964 e. The molecule has 2 heteroatoms. The fraction of sp³-hybridized carbons (Fsp3) is 0.926. The highest BCUT2D eigenvalue weighted by atomic mass is 17.1. The van der Waals surface area contributed by atoms with Crippen LogP contribution in [0.4, 0.5) is 0 Å². The largest absolute Gasteiger partial charge is 0.252 e. The predicted molar refractivity (Wildman–Crippen MR) is 121 cm³/mol. The van der Waals surface area contributed by atoms with E-state index >= 15 is 0 Å². The van der Waals surface area contributed by atoms with Crippen LogP contribution in [-0.4, -0.2) is 11.4 Å². The van der Waals surface area contributed by atoms with E-state index in [0.717, 1.165) is 48.3 Å². The van der Waals surface area contributed by atoms with Crippen molar-refractivity contribution in [2.75, 3.05) is 0 Å². The third-order valence-corrected chi connectivity index (χ3v) is 10.4. The van der Waals surface area contributed by atoms with Crippen molar-refractivity contribution in [1.29, 1.82) is 0 Å². The van der Waals surface area contributed by atoms with Crippen molar-refractivity contribution in [1.82, 2.24) is 0 Å². The standard InChI is InChI=1S/C27H46O2/c1-18(2)7-6-8-19(3)23-11-12-24-22-10-9-20-17-21(29-28)13-15-26(20,4)25(22)14-16-27(23,24)5/h9,18-19,21-25,28H,6-8,10-17H2,1-5H3/t19-,21?,22+,23-,24+,25+,26+,27-/m0/s1. The van der Waals surface area contributed by atoms with Crippen LogP contribution in [0.2, 0.25) is 0 Å². The summed E-state index contributed by atoms with van der Waals surface area (Å²) in [6, 6.07) is 0. The summed E-state index contributed by atoms with van der Waals surface area (Å²) in [4.78, 5) is 4.75. The predicted octanol–water partition coefficient (Wildman–Crippen LogP) is 7.89. The number of hydrogen-bond donors (Lipinski definition) is 1. The molecule has 0 heterocycles. The van der Waals surface area contributed by atoms with Gasteiger partial charge in [0.1, 0.15) is 0 Å². The molecule has 0 radical (unpaired) electrons. The Hall–Kier alpha value is -0.340. The van der Waals surface area contributed by atoms with E-state index < -0.39 is 0 Å². The Morgan fingerprint density at radius 3 is 2.55 bits per heavy atom. The second-order valence-electron chi connectivity index (χ2n) is 12.3. The Bertz CT molecular complexity index is 610. The summed E-state index contributed by atoms with van der Waals surface area (Å²) in [5.41, 5.74) is 2.54. The normalized spacial score (nSPS) is 45.3. The van der Waals surface area contributed by atoms with Gasteiger partial charge in [-0.15, -0.1) is 0 Å². The van der Waals surface area contributed by atoms with Crippen molar-refractivity contribution in [3.8, 4) is 0 Å². The number of rotatable bonds is 6. The topological polar surface area (TPSA) is 29.5 Å². The summed E-state index contributed by atoms with van der Waals surface area (Å²) in [5, 5.41) is 9.20. The lowest BCUT2D eigenvalue weighted by atomic mass is 9.47. The fourth-order valence-electron chi connectivity index (χ4n) is 8.74. The molecule has 0 amide bonds. The zero-order chi connectivity index (χ0) is 20.8. The summed E-state index contributed by atoms with van der Waals surface area (Å²) in [7, 11) is 0. The molecule has 29 heavy (non-hydrogen) atoms. The van der Waals surface area contributed by atoms with E-state index in [9.17, 15) is 5.26 Å². The average Bonchev–Trinajstić information content (AvgIpc) is 3.04. The zero-order valence-corrected chi connectivity index (χ0v) is 19.8. The van der Waals surface area contributed by atoms with Gasteiger partial charge in [-0.2, -0.15) is 0 Å². The van der Waals surface area contributed by atoms with Crippen LogP contribution >= 0.6 is 0 Å². The van der Waals surface area contributed by atoms with E-state index in [0.29, 0.717) is 10.8 Å². The molecule has 0 spiro atoms. The van der Waals surface area contributed by atoms with Crippen LogP contribution in [0.5, 0.6) is 0 Å². The van der Waals surface area contributed by atoms with Gasteiger partial charge in [-0.05, 0) is 97.7 Å². The van der Waals surface area contributed by atoms with Crippen molar-refractivity contribution in [3.63, 3.8) is 0 Å². The van der Waals surface area contributed by atoms with E-state index in [-0.39, 0.29) is 6.10 Å². The second kappa shape index (κ2) is 8.30. The van der Waals surface area contributed by atoms with Gasteiger partial charge in [-0.25, -0.2) is 4.89 Å². The summed E-state index contributed by atoms with van der Waals surface area (Å²) in [6.07, 6.45) is 17.1. The van der Waals surface area contributed by atoms with Crippen LogP contribution in [0.15, 0.2) is 11.6 Å². The maximum atomic E-state index is 9.20. The number of allylic oxidation sites excluding steroid dienone is 1. The molecule has 4 rings (SSSR count). The lowest BCUT2D eigenvalue weighted by Gasteiger charge is -2.58. The molecule has 1 unspecified atom stereocenters. The van der Waals surface area contributed by atoms with Gasteiger partial charge in [0.2, 0.25) is 0 Å². The molecular weight excluding hydrogens is 356 g/mol. The molecule has 0 aromatic carbocycles. The summed E-state index contributed by atoms with van der Waals surface area (Å²) >= 11 is 0. The van der Waals surface area contributed by atoms with Gasteiger partial charge in [0, 0.05) is 0 Å². The van der Waals surface area contributed by atoms with Gasteiger partial charge in [0.25, 0.3) is 0 Å². The van der Waals surface area contributed by atoms with E-state index in [1.165, 1.54) is 57.8 Å². The third-order valence-electron chi connectivity index (χ3n) is 10.4. The molecule has 0 aliphatic heterocycles. The first-order valence-corrected chi connectivity index (χ1v) is 12.8. The quantitative estimate of drug-likeness (QED) is 0.278. The second-order valence-corrected chi connectivity index (χ2v) is 12.3. The fourth-order valence-corrected chi connectivity index (χ4v) is 8.74. The average molecular weight is 403 g/mol. The molecule has 2 nitrogen and oxygen atoms in total. The van der Waals surface area contributed by atoms with Crippen LogP contribution in [-0.2, 0) is 4.89 Å².